The molecular weight excluding hydrogens is 432 g/mol. The van der Waals surface area contributed by atoms with Crippen LogP contribution in [0.1, 0.15) is 49.7 Å². The van der Waals surface area contributed by atoms with Crippen LogP contribution in [0, 0.1) is 18.3 Å². The molecule has 0 amide bonds. The predicted molar refractivity (Wildman–Crippen MR) is 141 cm³/mol. The zero-order valence-corrected chi connectivity index (χ0v) is 20.7. The van der Waals surface area contributed by atoms with Gasteiger partial charge in [0, 0.05) is 16.7 Å². The molecule has 3 aromatic carbocycles. The molecule has 0 atom stereocenters. The van der Waals surface area contributed by atoms with E-state index in [-0.39, 0.29) is 5.41 Å². The van der Waals surface area contributed by atoms with Crippen molar-refractivity contribution in [1.82, 2.24) is 9.97 Å². The number of nitrogens with zero attached hydrogens (tertiary/aromatic N) is 3. The molecule has 0 fully saturated rings. The summed E-state index contributed by atoms with van der Waals surface area (Å²) in [6, 6.07) is 27.8. The molecular formula is C30H30N4O. The van der Waals surface area contributed by atoms with E-state index in [2.05, 4.69) is 63.3 Å². The summed E-state index contributed by atoms with van der Waals surface area (Å²) in [5.41, 5.74) is 5.16. The van der Waals surface area contributed by atoms with E-state index in [1.165, 1.54) is 5.56 Å². The zero-order valence-electron chi connectivity index (χ0n) is 20.7. The minimum atomic E-state index is -0.224. The molecule has 0 aliphatic carbocycles. The molecule has 35 heavy (non-hydrogen) atoms. The number of anilines is 2. The van der Waals surface area contributed by atoms with Crippen molar-refractivity contribution in [1.29, 1.82) is 5.26 Å². The molecule has 0 unspecified atom stereocenters. The average molecular weight is 463 g/mol. The van der Waals surface area contributed by atoms with Crippen LogP contribution in [0.3, 0.4) is 0 Å². The Morgan fingerprint density at radius 3 is 2.23 bits per heavy atom. The van der Waals surface area contributed by atoms with Crippen molar-refractivity contribution in [2.45, 2.75) is 46.1 Å². The van der Waals surface area contributed by atoms with Gasteiger partial charge in [-0.05, 0) is 43.2 Å². The fraction of sp³-hybridized carbons (Fsp3) is 0.233. The molecule has 0 radical (unpaired) electrons. The summed E-state index contributed by atoms with van der Waals surface area (Å²) in [6.45, 7) is 8.90. The Morgan fingerprint density at radius 2 is 1.60 bits per heavy atom. The second-order valence-corrected chi connectivity index (χ2v) is 9.27. The highest BCUT2D eigenvalue weighted by molar-refractivity contribution is 5.76. The van der Waals surface area contributed by atoms with Gasteiger partial charge in [-0.2, -0.15) is 5.26 Å². The SMILES string of the molecule is CCC(C)(C)c1nc(Nc2ccc(C#N)cc2)c(OCc2ccccc2)c(-c2ccc(C)cc2)n1. The Hall–Kier alpha value is -4.17. The van der Waals surface area contributed by atoms with E-state index in [0.717, 1.165) is 34.8 Å². The number of hydrogen-bond acceptors (Lipinski definition) is 5. The standard InChI is InChI=1S/C30H30N4O/c1-5-30(3,4)29-33-26(24-15-11-21(2)12-16-24)27(35-20-23-9-7-6-8-10-23)28(34-29)32-25-17-13-22(19-31)14-18-25/h6-18H,5,20H2,1-4H3,(H,32,33,34). The van der Waals surface area contributed by atoms with E-state index in [1.807, 2.05) is 42.5 Å². The second-order valence-electron chi connectivity index (χ2n) is 9.27. The van der Waals surface area contributed by atoms with Crippen LogP contribution < -0.4 is 10.1 Å². The number of aryl methyl sites for hydroxylation is 1. The van der Waals surface area contributed by atoms with Crippen molar-refractivity contribution >= 4 is 11.5 Å². The summed E-state index contributed by atoms with van der Waals surface area (Å²) >= 11 is 0. The predicted octanol–water partition coefficient (Wildman–Crippen LogP) is 7.33. The Kier molecular flexibility index (Phi) is 7.12. The second kappa shape index (κ2) is 10.4. The maximum Gasteiger partial charge on any atom is 0.188 e. The van der Waals surface area contributed by atoms with Crippen molar-refractivity contribution < 1.29 is 4.74 Å². The lowest BCUT2D eigenvalue weighted by molar-refractivity contribution is 0.306. The van der Waals surface area contributed by atoms with Crippen LogP contribution in [0.25, 0.3) is 11.3 Å². The molecule has 4 rings (SSSR count). The molecule has 0 saturated heterocycles. The van der Waals surface area contributed by atoms with Gasteiger partial charge in [0.15, 0.2) is 11.6 Å². The molecule has 0 aliphatic heterocycles. The van der Waals surface area contributed by atoms with Gasteiger partial charge in [-0.3, -0.25) is 0 Å². The lowest BCUT2D eigenvalue weighted by Crippen LogP contribution is -2.21. The molecule has 0 saturated carbocycles. The van der Waals surface area contributed by atoms with Gasteiger partial charge in [-0.1, -0.05) is 80.9 Å². The maximum absolute atomic E-state index is 9.16. The summed E-state index contributed by atoms with van der Waals surface area (Å²) < 4.78 is 6.42. The first-order chi connectivity index (χ1) is 16.9. The molecule has 1 N–H and O–H groups in total. The number of benzene rings is 3. The van der Waals surface area contributed by atoms with Crippen molar-refractivity contribution in [2.24, 2.45) is 0 Å². The molecule has 5 nitrogen and oxygen atoms in total. The highest BCUT2D eigenvalue weighted by atomic mass is 16.5. The highest BCUT2D eigenvalue weighted by Gasteiger charge is 2.27. The Morgan fingerprint density at radius 1 is 0.914 bits per heavy atom. The van der Waals surface area contributed by atoms with Crippen molar-refractivity contribution in [3.63, 3.8) is 0 Å². The quantitative estimate of drug-likeness (QED) is 0.297. The lowest BCUT2D eigenvalue weighted by Gasteiger charge is -2.24. The summed E-state index contributed by atoms with van der Waals surface area (Å²) in [5, 5.41) is 12.6. The van der Waals surface area contributed by atoms with E-state index < -0.39 is 0 Å². The molecule has 1 aromatic heterocycles. The first-order valence-electron chi connectivity index (χ1n) is 11.8. The van der Waals surface area contributed by atoms with Gasteiger partial charge in [0.1, 0.15) is 18.1 Å². The first-order valence-corrected chi connectivity index (χ1v) is 11.8. The molecule has 5 heteroatoms. The third-order valence-electron chi connectivity index (χ3n) is 6.18. The molecule has 0 aliphatic rings. The highest BCUT2D eigenvalue weighted by Crippen LogP contribution is 2.39. The van der Waals surface area contributed by atoms with Crippen molar-refractivity contribution in [3.05, 3.63) is 101 Å². The number of ether oxygens (including phenoxy) is 1. The van der Waals surface area contributed by atoms with Crippen LogP contribution >= 0.6 is 0 Å². The van der Waals surface area contributed by atoms with Crippen molar-refractivity contribution in [2.75, 3.05) is 5.32 Å². The Labute approximate surface area is 207 Å². The zero-order chi connectivity index (χ0) is 24.8. The van der Waals surface area contributed by atoms with E-state index in [1.54, 1.807) is 12.1 Å². The van der Waals surface area contributed by atoms with E-state index in [9.17, 15) is 0 Å². The molecule has 4 aromatic rings. The maximum atomic E-state index is 9.16. The van der Waals surface area contributed by atoms with Gasteiger partial charge in [-0.15, -0.1) is 0 Å². The minimum absolute atomic E-state index is 0.224. The van der Waals surface area contributed by atoms with Gasteiger partial charge in [0.05, 0.1) is 11.6 Å². The van der Waals surface area contributed by atoms with Crippen LogP contribution in [0.5, 0.6) is 5.75 Å². The van der Waals surface area contributed by atoms with Crippen LogP contribution in [0.2, 0.25) is 0 Å². The number of rotatable bonds is 8. The van der Waals surface area contributed by atoms with Gasteiger partial charge < -0.3 is 10.1 Å². The van der Waals surface area contributed by atoms with Gasteiger partial charge in [0.2, 0.25) is 0 Å². The van der Waals surface area contributed by atoms with Gasteiger partial charge in [0.25, 0.3) is 0 Å². The number of nitriles is 1. The molecule has 0 bridgehead atoms. The van der Waals surface area contributed by atoms with Gasteiger partial charge >= 0.3 is 0 Å². The fourth-order valence-corrected chi connectivity index (χ4v) is 3.53. The van der Waals surface area contributed by atoms with E-state index in [4.69, 9.17) is 20.0 Å². The molecule has 1 heterocycles. The summed E-state index contributed by atoms with van der Waals surface area (Å²) in [7, 11) is 0. The number of aromatic nitrogens is 2. The Bertz CT molecular complexity index is 1320. The normalized spacial score (nSPS) is 11.1. The third kappa shape index (κ3) is 5.67. The summed E-state index contributed by atoms with van der Waals surface area (Å²) in [6.07, 6.45) is 0.890. The lowest BCUT2D eigenvalue weighted by atomic mass is 9.89. The van der Waals surface area contributed by atoms with Gasteiger partial charge in [-0.25, -0.2) is 9.97 Å². The monoisotopic (exact) mass is 462 g/mol. The van der Waals surface area contributed by atoms with Crippen LogP contribution in [0.4, 0.5) is 11.5 Å². The average Bonchev–Trinajstić information content (AvgIpc) is 2.89. The first kappa shape index (κ1) is 24.0. The summed E-state index contributed by atoms with van der Waals surface area (Å²) in [5.74, 6) is 1.95. The van der Waals surface area contributed by atoms with Crippen LogP contribution in [-0.2, 0) is 12.0 Å². The molecule has 176 valence electrons. The van der Waals surface area contributed by atoms with E-state index >= 15 is 0 Å². The smallest absolute Gasteiger partial charge is 0.188 e. The van der Waals surface area contributed by atoms with Crippen LogP contribution in [-0.4, -0.2) is 9.97 Å². The Balaban J connectivity index is 1.86. The van der Waals surface area contributed by atoms with Crippen LogP contribution in [0.15, 0.2) is 78.9 Å². The largest absolute Gasteiger partial charge is 0.483 e. The number of nitrogens with one attached hydrogen (secondary N) is 1. The third-order valence-corrected chi connectivity index (χ3v) is 6.18. The summed E-state index contributed by atoms with van der Waals surface area (Å²) in [4.78, 5) is 9.99. The van der Waals surface area contributed by atoms with E-state index in [0.29, 0.717) is 23.7 Å². The minimum Gasteiger partial charge on any atom is -0.483 e. The fourth-order valence-electron chi connectivity index (χ4n) is 3.53. The van der Waals surface area contributed by atoms with Crippen molar-refractivity contribution in [3.8, 4) is 23.1 Å². The molecule has 0 spiro atoms. The number of hydrogen-bond donors (Lipinski definition) is 1. The topological polar surface area (TPSA) is 70.8 Å².